The van der Waals surface area contributed by atoms with E-state index in [-0.39, 0.29) is 29.8 Å². The molecule has 20 heavy (non-hydrogen) atoms. The second kappa shape index (κ2) is 7.48. The molecule has 3 N–H and O–H groups in total. The second-order valence-electron chi connectivity index (χ2n) is 4.25. The van der Waals surface area contributed by atoms with Gasteiger partial charge in [-0.2, -0.15) is 0 Å². The first-order valence-electron chi connectivity index (χ1n) is 5.83. The number of phenols is 1. The normalized spacial score (nSPS) is 16.4. The van der Waals surface area contributed by atoms with Crippen LogP contribution in [0.3, 0.4) is 0 Å². The van der Waals surface area contributed by atoms with Crippen LogP contribution >= 0.6 is 15.9 Å². The Bertz CT molecular complexity index is 533. The summed E-state index contributed by atoms with van der Waals surface area (Å²) in [6.07, 6.45) is 0.226. The van der Waals surface area contributed by atoms with Gasteiger partial charge in [0.1, 0.15) is 0 Å². The molecule has 1 amide bonds. The van der Waals surface area contributed by atoms with Crippen LogP contribution in [0.1, 0.15) is 5.56 Å². The van der Waals surface area contributed by atoms with Gasteiger partial charge >= 0.3 is 136 Å². The number of phenolic OH excluding ortho intramolecular Hbond substituents is 1. The van der Waals surface area contributed by atoms with Crippen LogP contribution in [0, 0.1) is 0 Å². The average molecular weight is 471 g/mol. The average Bonchev–Trinajstić information content (AvgIpc) is 2.92. The molecule has 0 radical (unpaired) electrons. The maximum atomic E-state index is 12.0. The summed E-state index contributed by atoms with van der Waals surface area (Å²) in [6.45, 7) is 0. The number of amides is 1. The van der Waals surface area contributed by atoms with Crippen LogP contribution in [-0.4, -0.2) is 54.2 Å². The van der Waals surface area contributed by atoms with Crippen molar-refractivity contribution in [3.63, 3.8) is 0 Å². The number of nitrogens with zero attached hydrogens (tertiary/aromatic N) is 1. The topological polar surface area (TPSA) is 81.9 Å². The van der Waals surface area contributed by atoms with E-state index in [0.29, 0.717) is 30.7 Å². The molecule has 0 unspecified atom stereocenters. The standard InChI is InChI=1S/C12H13BrN2O3Se2/c13-9-3-7(1-2-11(9)16)4-10(15-18)12(17)14-8-5-19-20-6-8/h1-3,8,16,18H,4-6H2,(H,14,17)/b15-10+. The zero-order valence-corrected chi connectivity index (χ0v) is 15.4. The van der Waals surface area contributed by atoms with Crippen LogP contribution in [0.25, 0.3) is 0 Å². The molecule has 1 aromatic carbocycles. The van der Waals surface area contributed by atoms with Crippen LogP contribution in [-0.2, 0) is 11.2 Å². The summed E-state index contributed by atoms with van der Waals surface area (Å²) in [7, 11) is 0. The van der Waals surface area contributed by atoms with Crippen LogP contribution < -0.4 is 5.32 Å². The molecule has 1 aromatic rings. The number of oxime groups is 1. The van der Waals surface area contributed by atoms with Crippen molar-refractivity contribution in [1.29, 1.82) is 0 Å². The quantitative estimate of drug-likeness (QED) is 0.267. The van der Waals surface area contributed by atoms with Crippen molar-refractivity contribution < 1.29 is 15.1 Å². The second-order valence-corrected chi connectivity index (χ2v) is 12.6. The van der Waals surface area contributed by atoms with Crippen molar-refractivity contribution in [3.8, 4) is 5.75 Å². The summed E-state index contributed by atoms with van der Waals surface area (Å²) < 4.78 is 0.550. The molecule has 0 aliphatic carbocycles. The number of halogens is 1. The Kier molecular flexibility index (Phi) is 5.93. The summed E-state index contributed by atoms with van der Waals surface area (Å²) in [5, 5.41) is 26.6. The van der Waals surface area contributed by atoms with E-state index in [9.17, 15) is 9.90 Å². The molecule has 1 heterocycles. The monoisotopic (exact) mass is 472 g/mol. The number of carbonyl (C=O) groups excluding carboxylic acids is 1. The van der Waals surface area contributed by atoms with Gasteiger partial charge in [-0.15, -0.1) is 0 Å². The van der Waals surface area contributed by atoms with E-state index in [1.165, 1.54) is 6.07 Å². The van der Waals surface area contributed by atoms with Crippen LogP contribution in [0.15, 0.2) is 27.8 Å². The number of nitrogens with one attached hydrogen (secondary N) is 1. The van der Waals surface area contributed by atoms with Gasteiger partial charge in [0, 0.05) is 0 Å². The summed E-state index contributed by atoms with van der Waals surface area (Å²) in [4.78, 5) is 12.0. The van der Waals surface area contributed by atoms with Gasteiger partial charge in [0.2, 0.25) is 0 Å². The Morgan fingerprint density at radius 3 is 2.75 bits per heavy atom. The Morgan fingerprint density at radius 1 is 1.45 bits per heavy atom. The first-order chi connectivity index (χ1) is 9.60. The van der Waals surface area contributed by atoms with Crippen molar-refractivity contribution in [2.75, 3.05) is 0 Å². The Morgan fingerprint density at radius 2 is 2.15 bits per heavy atom. The fourth-order valence-electron chi connectivity index (χ4n) is 1.68. The van der Waals surface area contributed by atoms with Crippen molar-refractivity contribution in [1.82, 2.24) is 5.32 Å². The molecule has 0 bridgehead atoms. The van der Waals surface area contributed by atoms with Crippen molar-refractivity contribution in [2.24, 2.45) is 5.16 Å². The van der Waals surface area contributed by atoms with E-state index in [1.54, 1.807) is 12.1 Å². The molecular formula is C12H13BrN2O3Se2. The molecule has 0 saturated carbocycles. The SMILES string of the molecule is O=C(NC1C[Se][Se]C1)/C(Cc1ccc(O)c(Br)c1)=N/O. The Hall–Kier alpha value is -0.521. The van der Waals surface area contributed by atoms with Crippen molar-refractivity contribution >= 4 is 53.8 Å². The fourth-order valence-corrected chi connectivity index (χ4v) is 10.5. The van der Waals surface area contributed by atoms with E-state index in [1.807, 2.05) is 0 Å². The fraction of sp³-hybridized carbons (Fsp3) is 0.333. The molecule has 8 heteroatoms. The third-order valence-corrected chi connectivity index (χ3v) is 10.8. The molecule has 1 saturated heterocycles. The van der Waals surface area contributed by atoms with E-state index in [0.717, 1.165) is 16.2 Å². The van der Waals surface area contributed by atoms with E-state index in [4.69, 9.17) is 5.21 Å². The van der Waals surface area contributed by atoms with E-state index < -0.39 is 0 Å². The summed E-state index contributed by atoms with van der Waals surface area (Å²) in [5.41, 5.74) is 0.881. The molecule has 1 aliphatic rings. The molecule has 5 nitrogen and oxygen atoms in total. The van der Waals surface area contributed by atoms with Gasteiger partial charge < -0.3 is 0 Å². The number of hydrogen-bond donors (Lipinski definition) is 3. The number of aromatic hydroxyl groups is 1. The molecule has 1 aliphatic heterocycles. The molecule has 0 spiro atoms. The summed E-state index contributed by atoms with van der Waals surface area (Å²) in [5.74, 6) is -0.175. The Balaban J connectivity index is 2.00. The van der Waals surface area contributed by atoms with Gasteiger partial charge in [0.25, 0.3) is 0 Å². The predicted octanol–water partition coefficient (Wildman–Crippen LogP) is 1.19. The first kappa shape index (κ1) is 15.9. The maximum absolute atomic E-state index is 12.0. The molecular weight excluding hydrogens is 458 g/mol. The molecule has 2 rings (SSSR count). The molecule has 0 atom stereocenters. The third kappa shape index (κ3) is 4.23. The minimum atomic E-state index is -0.310. The van der Waals surface area contributed by atoms with E-state index in [2.05, 4.69) is 26.4 Å². The van der Waals surface area contributed by atoms with Gasteiger partial charge in [-0.1, -0.05) is 0 Å². The zero-order valence-electron chi connectivity index (χ0n) is 10.4. The van der Waals surface area contributed by atoms with Crippen LogP contribution in [0.5, 0.6) is 5.75 Å². The number of hydrogen-bond acceptors (Lipinski definition) is 4. The van der Waals surface area contributed by atoms with Crippen molar-refractivity contribution in [2.45, 2.75) is 23.1 Å². The number of carbonyl (C=O) groups is 1. The zero-order chi connectivity index (χ0) is 14.5. The van der Waals surface area contributed by atoms with E-state index >= 15 is 0 Å². The number of benzene rings is 1. The van der Waals surface area contributed by atoms with Crippen LogP contribution in [0.2, 0.25) is 10.6 Å². The van der Waals surface area contributed by atoms with Gasteiger partial charge in [-0.3, -0.25) is 0 Å². The molecule has 0 aromatic heterocycles. The van der Waals surface area contributed by atoms with Gasteiger partial charge in [-0.25, -0.2) is 0 Å². The van der Waals surface area contributed by atoms with Crippen molar-refractivity contribution in [3.05, 3.63) is 28.2 Å². The molecule has 108 valence electrons. The minimum absolute atomic E-state index is 0.0921. The third-order valence-electron chi connectivity index (χ3n) is 2.72. The Labute approximate surface area is 136 Å². The molecule has 1 fully saturated rings. The van der Waals surface area contributed by atoms with Gasteiger partial charge in [0.05, 0.1) is 0 Å². The summed E-state index contributed by atoms with van der Waals surface area (Å²) >= 11 is 4.58. The predicted molar refractivity (Wildman–Crippen MR) is 81.8 cm³/mol. The van der Waals surface area contributed by atoms with Crippen LogP contribution in [0.4, 0.5) is 0 Å². The summed E-state index contributed by atoms with van der Waals surface area (Å²) in [6, 6.07) is 5.18. The van der Waals surface area contributed by atoms with Gasteiger partial charge in [-0.05, 0) is 0 Å². The number of rotatable bonds is 4. The first-order valence-corrected chi connectivity index (χ1v) is 13.4. The van der Waals surface area contributed by atoms with Gasteiger partial charge in [0.15, 0.2) is 0 Å².